The zero-order valence-corrected chi connectivity index (χ0v) is 20.1. The third-order valence-corrected chi connectivity index (χ3v) is 8.36. The fourth-order valence-corrected chi connectivity index (χ4v) is 6.31. The molecule has 0 amide bonds. The van der Waals surface area contributed by atoms with E-state index < -0.39 is 16.0 Å². The Morgan fingerprint density at radius 1 is 1.09 bits per heavy atom. The summed E-state index contributed by atoms with van der Waals surface area (Å²) in [6.07, 6.45) is 3.31. The average Bonchev–Trinajstić information content (AvgIpc) is 3.53. The van der Waals surface area contributed by atoms with Gasteiger partial charge in [0.05, 0.1) is 22.6 Å². The first-order chi connectivity index (χ1) is 16.9. The number of nitrogens with one attached hydrogen (secondary N) is 1. The van der Waals surface area contributed by atoms with Crippen molar-refractivity contribution in [3.8, 4) is 11.5 Å². The number of pyridine rings is 1. The number of ether oxygens (including phenoxy) is 3. The molecule has 2 aliphatic rings. The molecular formula is C25H26N2O7S. The second kappa shape index (κ2) is 9.35. The number of esters is 1. The van der Waals surface area contributed by atoms with Crippen LogP contribution in [-0.4, -0.2) is 43.1 Å². The zero-order chi connectivity index (χ0) is 24.6. The normalized spacial score (nSPS) is 15.7. The summed E-state index contributed by atoms with van der Waals surface area (Å²) in [6, 6.07) is 10.7. The molecule has 5 rings (SSSR count). The van der Waals surface area contributed by atoms with Gasteiger partial charge in [0.15, 0.2) is 11.5 Å². The minimum atomic E-state index is -3.93. The molecule has 0 bridgehead atoms. The van der Waals surface area contributed by atoms with E-state index >= 15 is 0 Å². The molecule has 2 aromatic carbocycles. The van der Waals surface area contributed by atoms with Gasteiger partial charge in [-0.3, -0.25) is 4.79 Å². The van der Waals surface area contributed by atoms with Crippen molar-refractivity contribution in [3.63, 3.8) is 0 Å². The van der Waals surface area contributed by atoms with E-state index in [4.69, 9.17) is 14.2 Å². The molecule has 1 fully saturated rings. The third kappa shape index (κ3) is 4.51. The fraction of sp³-hybridized carbons (Fsp3) is 0.360. The molecule has 1 saturated carbocycles. The van der Waals surface area contributed by atoms with Crippen molar-refractivity contribution in [2.24, 2.45) is 0 Å². The second-order valence-electron chi connectivity index (χ2n) is 8.65. The standard InChI is InChI=1S/C25H26N2O7S/c1-2-32-25(29)16-7-9-20(10-8-16)35(30,31)27(19-5-3-4-6-19)14-18-11-17-12-22-23(34-15-33-22)13-21(17)26-24(18)28/h7-13,19H,2-6,14-15H2,1H3,(H,26,28). The summed E-state index contributed by atoms with van der Waals surface area (Å²) < 4.78 is 44.7. The Bertz CT molecular complexity index is 1420. The number of nitrogens with zero attached hydrogens (tertiary/aromatic N) is 1. The van der Waals surface area contributed by atoms with Gasteiger partial charge in [-0.05, 0) is 56.2 Å². The Morgan fingerprint density at radius 3 is 2.46 bits per heavy atom. The van der Waals surface area contributed by atoms with Gasteiger partial charge < -0.3 is 19.2 Å². The van der Waals surface area contributed by atoms with E-state index in [2.05, 4.69) is 4.98 Å². The van der Waals surface area contributed by atoms with Crippen LogP contribution < -0.4 is 15.0 Å². The molecule has 0 saturated heterocycles. The predicted molar refractivity (Wildman–Crippen MR) is 128 cm³/mol. The van der Waals surface area contributed by atoms with Gasteiger partial charge in [-0.1, -0.05) is 12.8 Å². The molecule has 3 aromatic rings. The largest absolute Gasteiger partial charge is 0.462 e. The van der Waals surface area contributed by atoms with Crippen LogP contribution in [0.25, 0.3) is 10.9 Å². The number of sulfonamides is 1. The second-order valence-corrected chi connectivity index (χ2v) is 10.5. The van der Waals surface area contributed by atoms with E-state index in [0.717, 1.165) is 31.1 Å². The smallest absolute Gasteiger partial charge is 0.338 e. The molecule has 0 unspecified atom stereocenters. The Labute approximate surface area is 202 Å². The highest BCUT2D eigenvalue weighted by Gasteiger charge is 2.34. The number of carbonyl (C=O) groups excluding carboxylic acids is 1. The van der Waals surface area contributed by atoms with Crippen molar-refractivity contribution in [3.05, 3.63) is 63.9 Å². The Morgan fingerprint density at radius 2 is 1.77 bits per heavy atom. The van der Waals surface area contributed by atoms with E-state index in [9.17, 15) is 18.0 Å². The first kappa shape index (κ1) is 23.4. The fourth-order valence-electron chi connectivity index (χ4n) is 4.64. The van der Waals surface area contributed by atoms with E-state index in [1.165, 1.54) is 28.6 Å². The van der Waals surface area contributed by atoms with Crippen LogP contribution in [0.5, 0.6) is 11.5 Å². The summed E-state index contributed by atoms with van der Waals surface area (Å²) in [5.41, 5.74) is 0.859. The Hall–Kier alpha value is -3.37. The molecule has 0 radical (unpaired) electrons. The number of aromatic amines is 1. The highest BCUT2D eigenvalue weighted by Crippen LogP contribution is 2.36. The van der Waals surface area contributed by atoms with Crippen molar-refractivity contribution in [2.75, 3.05) is 13.4 Å². The van der Waals surface area contributed by atoms with Crippen molar-refractivity contribution in [1.29, 1.82) is 0 Å². The van der Waals surface area contributed by atoms with Crippen LogP contribution in [0.15, 0.2) is 52.2 Å². The third-order valence-electron chi connectivity index (χ3n) is 6.44. The van der Waals surface area contributed by atoms with Crippen LogP contribution in [0.2, 0.25) is 0 Å². The summed E-state index contributed by atoms with van der Waals surface area (Å²) in [5, 5.41) is 0.728. The molecule has 1 aliphatic carbocycles. The van der Waals surface area contributed by atoms with Crippen molar-refractivity contribution in [1.82, 2.24) is 9.29 Å². The first-order valence-electron chi connectivity index (χ1n) is 11.6. The van der Waals surface area contributed by atoms with Crippen LogP contribution in [0.3, 0.4) is 0 Å². The molecule has 0 spiro atoms. The van der Waals surface area contributed by atoms with Crippen LogP contribution >= 0.6 is 0 Å². The monoisotopic (exact) mass is 498 g/mol. The number of hydrogen-bond acceptors (Lipinski definition) is 7. The molecule has 1 aromatic heterocycles. The molecule has 9 nitrogen and oxygen atoms in total. The highest BCUT2D eigenvalue weighted by atomic mass is 32.2. The Balaban J connectivity index is 1.50. The lowest BCUT2D eigenvalue weighted by molar-refractivity contribution is 0.0526. The predicted octanol–water partition coefficient (Wildman–Crippen LogP) is 3.57. The minimum absolute atomic E-state index is 0.0632. The highest BCUT2D eigenvalue weighted by molar-refractivity contribution is 7.89. The maximum atomic E-state index is 13.7. The van der Waals surface area contributed by atoms with Gasteiger partial charge in [-0.2, -0.15) is 4.31 Å². The van der Waals surface area contributed by atoms with Gasteiger partial charge in [0, 0.05) is 29.6 Å². The van der Waals surface area contributed by atoms with Crippen LogP contribution in [0.1, 0.15) is 48.5 Å². The number of carbonyl (C=O) groups is 1. The van der Waals surface area contributed by atoms with E-state index in [1.54, 1.807) is 25.1 Å². The lowest BCUT2D eigenvalue weighted by Crippen LogP contribution is -2.39. The molecule has 1 aliphatic heterocycles. The van der Waals surface area contributed by atoms with Crippen LogP contribution in [0.4, 0.5) is 0 Å². The topological polar surface area (TPSA) is 115 Å². The molecule has 10 heteroatoms. The Kier molecular flexibility index (Phi) is 6.24. The number of fused-ring (bicyclic) bond motifs is 2. The molecule has 0 atom stereocenters. The molecule has 1 N–H and O–H groups in total. The van der Waals surface area contributed by atoms with Gasteiger partial charge in [-0.15, -0.1) is 0 Å². The summed E-state index contributed by atoms with van der Waals surface area (Å²) >= 11 is 0. The molecule has 184 valence electrons. The summed E-state index contributed by atoms with van der Waals surface area (Å²) in [6.45, 7) is 1.99. The zero-order valence-electron chi connectivity index (χ0n) is 19.3. The minimum Gasteiger partial charge on any atom is -0.462 e. The average molecular weight is 499 g/mol. The molecule has 35 heavy (non-hydrogen) atoms. The number of aromatic nitrogens is 1. The summed E-state index contributed by atoms with van der Waals surface area (Å²) in [5.74, 6) is 0.632. The van der Waals surface area contributed by atoms with Crippen molar-refractivity contribution in [2.45, 2.75) is 50.1 Å². The number of hydrogen-bond donors (Lipinski definition) is 1. The first-order valence-corrected chi connectivity index (χ1v) is 13.1. The van der Waals surface area contributed by atoms with Gasteiger partial charge in [0.25, 0.3) is 5.56 Å². The number of rotatable bonds is 7. The van der Waals surface area contributed by atoms with Gasteiger partial charge in [0.1, 0.15) is 0 Å². The quantitative estimate of drug-likeness (QED) is 0.495. The van der Waals surface area contributed by atoms with Gasteiger partial charge in [-0.25, -0.2) is 13.2 Å². The lowest BCUT2D eigenvalue weighted by atomic mass is 10.1. The summed E-state index contributed by atoms with van der Waals surface area (Å²) in [4.78, 5) is 27.8. The SMILES string of the molecule is CCOC(=O)c1ccc(S(=O)(=O)N(Cc2cc3cc4c(cc3[nH]c2=O)OCO4)C2CCCC2)cc1. The molecular weight excluding hydrogens is 472 g/mol. The maximum Gasteiger partial charge on any atom is 0.338 e. The van der Waals surface area contributed by atoms with Crippen molar-refractivity contribution < 1.29 is 27.4 Å². The summed E-state index contributed by atoms with van der Waals surface area (Å²) in [7, 11) is -3.93. The van der Waals surface area contributed by atoms with E-state index in [0.29, 0.717) is 22.6 Å². The van der Waals surface area contributed by atoms with E-state index in [-0.39, 0.29) is 42.0 Å². The number of H-pyrrole nitrogens is 1. The van der Waals surface area contributed by atoms with Gasteiger partial charge >= 0.3 is 5.97 Å². The van der Waals surface area contributed by atoms with E-state index in [1.807, 2.05) is 0 Å². The molecule has 2 heterocycles. The maximum absolute atomic E-state index is 13.7. The van der Waals surface area contributed by atoms with Crippen LogP contribution in [-0.2, 0) is 21.3 Å². The van der Waals surface area contributed by atoms with Crippen LogP contribution in [0, 0.1) is 0 Å². The lowest BCUT2D eigenvalue weighted by Gasteiger charge is -2.28. The number of benzene rings is 2. The van der Waals surface area contributed by atoms with Crippen molar-refractivity contribution >= 4 is 26.9 Å². The van der Waals surface area contributed by atoms with Gasteiger partial charge in [0.2, 0.25) is 16.8 Å².